The van der Waals surface area contributed by atoms with E-state index in [2.05, 4.69) is 15.4 Å². The standard InChI is InChI=1S/C18H22F2N4O2/c1-26-17-14(3-2-8-21-17)11-24-12-15(10-22-24)23-16(25)9-13-4-6-18(19,20)7-5-13/h2-3,8,10,12-13H,4-7,9,11H2,1H3,(H,23,25). The van der Waals surface area contributed by atoms with Crippen LogP contribution in [0.1, 0.15) is 37.7 Å². The van der Waals surface area contributed by atoms with Gasteiger partial charge in [-0.3, -0.25) is 9.48 Å². The molecule has 0 unspecified atom stereocenters. The molecule has 0 radical (unpaired) electrons. The van der Waals surface area contributed by atoms with E-state index in [9.17, 15) is 13.6 Å². The van der Waals surface area contributed by atoms with Crippen molar-refractivity contribution in [3.63, 3.8) is 0 Å². The largest absolute Gasteiger partial charge is 0.481 e. The van der Waals surface area contributed by atoms with Crippen molar-refractivity contribution >= 4 is 11.6 Å². The highest BCUT2D eigenvalue weighted by Gasteiger charge is 2.35. The number of methoxy groups -OCH3 is 1. The molecule has 1 aliphatic rings. The van der Waals surface area contributed by atoms with Crippen LogP contribution in [0.25, 0.3) is 0 Å². The van der Waals surface area contributed by atoms with Crippen molar-refractivity contribution in [2.24, 2.45) is 5.92 Å². The molecular formula is C18H22F2N4O2. The van der Waals surface area contributed by atoms with Crippen LogP contribution in [0.15, 0.2) is 30.7 Å². The first-order valence-electron chi connectivity index (χ1n) is 8.63. The van der Waals surface area contributed by atoms with Gasteiger partial charge in [-0.05, 0) is 24.8 Å². The number of halogens is 2. The van der Waals surface area contributed by atoms with Gasteiger partial charge in [-0.15, -0.1) is 0 Å². The third kappa shape index (κ3) is 4.77. The summed E-state index contributed by atoms with van der Waals surface area (Å²) < 4.78 is 33.2. The van der Waals surface area contributed by atoms with Crippen LogP contribution in [0, 0.1) is 5.92 Å². The predicted octanol–water partition coefficient (Wildman–Crippen LogP) is 3.49. The highest BCUT2D eigenvalue weighted by atomic mass is 19.3. The molecule has 0 aliphatic heterocycles. The molecule has 26 heavy (non-hydrogen) atoms. The van der Waals surface area contributed by atoms with E-state index in [1.54, 1.807) is 30.4 Å². The SMILES string of the molecule is COc1ncccc1Cn1cc(NC(=O)CC2CCC(F)(F)CC2)cn1. The molecule has 3 rings (SSSR count). The lowest BCUT2D eigenvalue weighted by Gasteiger charge is -2.27. The van der Waals surface area contributed by atoms with Crippen LogP contribution in [0.4, 0.5) is 14.5 Å². The quantitative estimate of drug-likeness (QED) is 0.852. The normalized spacial score (nSPS) is 17.0. The number of carbonyl (C=O) groups excluding carboxylic acids is 1. The van der Waals surface area contributed by atoms with Crippen LogP contribution in [-0.2, 0) is 11.3 Å². The molecule has 8 heteroatoms. The first-order chi connectivity index (χ1) is 12.4. The Morgan fingerprint density at radius 3 is 2.92 bits per heavy atom. The first kappa shape index (κ1) is 18.3. The van der Waals surface area contributed by atoms with E-state index >= 15 is 0 Å². The lowest BCUT2D eigenvalue weighted by molar-refractivity contribution is -0.118. The minimum Gasteiger partial charge on any atom is -0.481 e. The number of hydrogen-bond donors (Lipinski definition) is 1. The number of pyridine rings is 1. The van der Waals surface area contributed by atoms with E-state index in [1.807, 2.05) is 12.1 Å². The Morgan fingerprint density at radius 2 is 2.19 bits per heavy atom. The number of alkyl halides is 2. The lowest BCUT2D eigenvalue weighted by atomic mass is 9.84. The summed E-state index contributed by atoms with van der Waals surface area (Å²) in [6.07, 6.45) is 5.72. The number of hydrogen-bond acceptors (Lipinski definition) is 4. The van der Waals surface area contributed by atoms with Crippen molar-refractivity contribution in [3.05, 3.63) is 36.3 Å². The summed E-state index contributed by atoms with van der Waals surface area (Å²) in [6, 6.07) is 3.71. The number of anilines is 1. The molecule has 1 saturated carbocycles. The summed E-state index contributed by atoms with van der Waals surface area (Å²) in [6.45, 7) is 0.463. The van der Waals surface area contributed by atoms with Gasteiger partial charge in [0.15, 0.2) is 0 Å². The molecule has 0 saturated heterocycles. The maximum atomic E-state index is 13.2. The Morgan fingerprint density at radius 1 is 1.42 bits per heavy atom. The zero-order chi connectivity index (χ0) is 18.6. The molecule has 1 N–H and O–H groups in total. The molecule has 6 nitrogen and oxygen atoms in total. The Bertz CT molecular complexity index is 753. The van der Waals surface area contributed by atoms with Gasteiger partial charge in [-0.1, -0.05) is 6.07 Å². The number of carbonyl (C=O) groups is 1. The van der Waals surface area contributed by atoms with E-state index in [0.29, 0.717) is 31.0 Å². The van der Waals surface area contributed by atoms with Gasteiger partial charge in [0.05, 0.1) is 25.5 Å². The van der Waals surface area contributed by atoms with Crippen molar-refractivity contribution in [1.29, 1.82) is 0 Å². The maximum Gasteiger partial charge on any atom is 0.248 e. The molecule has 0 spiro atoms. The van der Waals surface area contributed by atoms with Crippen LogP contribution in [-0.4, -0.2) is 33.7 Å². The third-order valence-corrected chi connectivity index (χ3v) is 4.60. The summed E-state index contributed by atoms with van der Waals surface area (Å²) in [7, 11) is 1.56. The van der Waals surface area contributed by atoms with E-state index in [1.165, 1.54) is 0 Å². The number of nitrogens with one attached hydrogen (secondary N) is 1. The zero-order valence-corrected chi connectivity index (χ0v) is 14.6. The van der Waals surface area contributed by atoms with Gasteiger partial charge in [0.25, 0.3) is 0 Å². The molecule has 1 aliphatic carbocycles. The molecule has 0 atom stereocenters. The van der Waals surface area contributed by atoms with Gasteiger partial charge in [0, 0.05) is 37.2 Å². The number of aromatic nitrogens is 3. The fraction of sp³-hybridized carbons (Fsp3) is 0.500. The molecule has 2 aromatic rings. The monoisotopic (exact) mass is 364 g/mol. The van der Waals surface area contributed by atoms with Crippen molar-refractivity contribution in [2.75, 3.05) is 12.4 Å². The van der Waals surface area contributed by atoms with Crippen LogP contribution in [0.3, 0.4) is 0 Å². The molecule has 1 fully saturated rings. The highest BCUT2D eigenvalue weighted by molar-refractivity contribution is 5.90. The minimum absolute atomic E-state index is 0.0179. The Labute approximate surface area is 150 Å². The number of amides is 1. The minimum atomic E-state index is -2.57. The summed E-state index contributed by atoms with van der Waals surface area (Å²) in [5.41, 5.74) is 1.46. The molecule has 0 bridgehead atoms. The van der Waals surface area contributed by atoms with E-state index in [4.69, 9.17) is 4.74 Å². The van der Waals surface area contributed by atoms with E-state index in [-0.39, 0.29) is 31.1 Å². The molecule has 2 aromatic heterocycles. The smallest absolute Gasteiger partial charge is 0.248 e. The second-order valence-electron chi connectivity index (χ2n) is 6.65. The summed E-state index contributed by atoms with van der Waals surface area (Å²) in [4.78, 5) is 16.3. The summed E-state index contributed by atoms with van der Waals surface area (Å²) in [5, 5.41) is 7.01. The predicted molar refractivity (Wildman–Crippen MR) is 92.3 cm³/mol. The van der Waals surface area contributed by atoms with Gasteiger partial charge < -0.3 is 10.1 Å². The topological polar surface area (TPSA) is 69.0 Å². The van der Waals surface area contributed by atoms with Gasteiger partial charge in [0.1, 0.15) is 0 Å². The van der Waals surface area contributed by atoms with Crippen LogP contribution in [0.2, 0.25) is 0 Å². The zero-order valence-electron chi connectivity index (χ0n) is 14.6. The lowest BCUT2D eigenvalue weighted by Crippen LogP contribution is -2.27. The van der Waals surface area contributed by atoms with Gasteiger partial charge >= 0.3 is 0 Å². The average molecular weight is 364 g/mol. The second-order valence-corrected chi connectivity index (χ2v) is 6.65. The van der Waals surface area contributed by atoms with Crippen LogP contribution >= 0.6 is 0 Å². The summed E-state index contributed by atoms with van der Waals surface area (Å²) in [5.74, 6) is -2.19. The van der Waals surface area contributed by atoms with E-state index < -0.39 is 5.92 Å². The average Bonchev–Trinajstić information content (AvgIpc) is 3.04. The number of rotatable bonds is 6. The molecule has 140 valence electrons. The summed E-state index contributed by atoms with van der Waals surface area (Å²) >= 11 is 0. The van der Waals surface area contributed by atoms with E-state index in [0.717, 1.165) is 5.56 Å². The Kier molecular flexibility index (Phi) is 5.49. The molecule has 1 amide bonds. The number of nitrogens with zero attached hydrogens (tertiary/aromatic N) is 3. The first-order valence-corrected chi connectivity index (χ1v) is 8.63. The second kappa shape index (κ2) is 7.80. The van der Waals surface area contributed by atoms with Crippen LogP contribution in [0.5, 0.6) is 5.88 Å². The van der Waals surface area contributed by atoms with Gasteiger partial charge in [-0.25, -0.2) is 13.8 Å². The van der Waals surface area contributed by atoms with Crippen molar-refractivity contribution < 1.29 is 18.3 Å². The third-order valence-electron chi connectivity index (χ3n) is 4.60. The number of ether oxygens (including phenoxy) is 1. The molecule has 0 aromatic carbocycles. The van der Waals surface area contributed by atoms with Gasteiger partial charge in [-0.2, -0.15) is 5.10 Å². The molecular weight excluding hydrogens is 342 g/mol. The maximum absolute atomic E-state index is 13.2. The van der Waals surface area contributed by atoms with Gasteiger partial charge in [0.2, 0.25) is 17.7 Å². The fourth-order valence-corrected chi connectivity index (χ4v) is 3.20. The Balaban J connectivity index is 1.52. The molecule has 2 heterocycles. The fourth-order valence-electron chi connectivity index (χ4n) is 3.20. The van der Waals surface area contributed by atoms with Crippen molar-refractivity contribution in [1.82, 2.24) is 14.8 Å². The Hall–Kier alpha value is -2.51. The van der Waals surface area contributed by atoms with Crippen LogP contribution < -0.4 is 10.1 Å². The van der Waals surface area contributed by atoms with Crippen molar-refractivity contribution in [3.8, 4) is 5.88 Å². The van der Waals surface area contributed by atoms with Crippen molar-refractivity contribution in [2.45, 2.75) is 44.6 Å². The highest BCUT2D eigenvalue weighted by Crippen LogP contribution is 2.37.